The Kier molecular flexibility index (Phi) is 5.68. The number of amides is 1. The second-order valence-electron chi connectivity index (χ2n) is 5.63. The number of aryl methyl sites for hydroxylation is 1. The zero-order valence-electron chi connectivity index (χ0n) is 14.3. The van der Waals surface area contributed by atoms with Crippen LogP contribution in [0.4, 0.5) is 11.5 Å². The molecule has 23 heavy (non-hydrogen) atoms. The Morgan fingerprint density at radius 1 is 1.13 bits per heavy atom. The molecule has 5 heteroatoms. The summed E-state index contributed by atoms with van der Waals surface area (Å²) in [5, 5.41) is 0. The van der Waals surface area contributed by atoms with Gasteiger partial charge in [-0.3, -0.25) is 4.79 Å². The predicted octanol–water partition coefficient (Wildman–Crippen LogP) is 3.43. The van der Waals surface area contributed by atoms with E-state index in [0.717, 1.165) is 30.9 Å². The molecule has 2 aromatic rings. The Morgan fingerprint density at radius 2 is 1.83 bits per heavy atom. The minimum atomic E-state index is -0.0633. The van der Waals surface area contributed by atoms with Gasteiger partial charge in [-0.2, -0.15) is 0 Å². The summed E-state index contributed by atoms with van der Waals surface area (Å²) in [6, 6.07) is 11.7. The van der Waals surface area contributed by atoms with Gasteiger partial charge in [0.15, 0.2) is 0 Å². The molecule has 2 rings (SSSR count). The van der Waals surface area contributed by atoms with Gasteiger partial charge in [0.1, 0.15) is 17.3 Å². The van der Waals surface area contributed by atoms with E-state index in [9.17, 15) is 4.79 Å². The van der Waals surface area contributed by atoms with Crippen molar-refractivity contribution < 1.29 is 4.79 Å². The Bertz CT molecular complexity index is 657. The van der Waals surface area contributed by atoms with Gasteiger partial charge in [-0.25, -0.2) is 9.97 Å². The van der Waals surface area contributed by atoms with Crippen LogP contribution in [0.5, 0.6) is 0 Å². The van der Waals surface area contributed by atoms with E-state index in [2.05, 4.69) is 16.9 Å². The highest BCUT2D eigenvalue weighted by Gasteiger charge is 2.16. The van der Waals surface area contributed by atoms with Crippen molar-refractivity contribution in [3.05, 3.63) is 47.9 Å². The first-order valence-corrected chi connectivity index (χ1v) is 7.93. The monoisotopic (exact) mass is 312 g/mol. The highest BCUT2D eigenvalue weighted by molar-refractivity contribution is 5.93. The van der Waals surface area contributed by atoms with Gasteiger partial charge in [0, 0.05) is 32.4 Å². The number of carbonyl (C=O) groups is 1. The first-order valence-electron chi connectivity index (χ1n) is 7.93. The third-order valence-electron chi connectivity index (χ3n) is 3.72. The molecule has 0 unspecified atom stereocenters. The summed E-state index contributed by atoms with van der Waals surface area (Å²) in [6.07, 6.45) is 2.05. The van der Waals surface area contributed by atoms with Crippen molar-refractivity contribution in [3.8, 4) is 0 Å². The van der Waals surface area contributed by atoms with Gasteiger partial charge < -0.3 is 9.80 Å². The number of aromatic nitrogens is 2. The van der Waals surface area contributed by atoms with Gasteiger partial charge in [0.25, 0.3) is 5.91 Å². The number of hydrogen-bond acceptors (Lipinski definition) is 4. The SMILES string of the molecule is CCCCN(C)C(=O)c1cc(N(C)c2ccccc2)nc(C)n1. The average molecular weight is 312 g/mol. The van der Waals surface area contributed by atoms with Crippen molar-refractivity contribution in [1.82, 2.24) is 14.9 Å². The van der Waals surface area contributed by atoms with Crippen LogP contribution in [0.25, 0.3) is 0 Å². The van der Waals surface area contributed by atoms with E-state index in [4.69, 9.17) is 0 Å². The Labute approximate surface area is 138 Å². The fraction of sp³-hybridized carbons (Fsp3) is 0.389. The minimum absolute atomic E-state index is 0.0633. The summed E-state index contributed by atoms with van der Waals surface area (Å²) in [5.74, 6) is 1.25. The zero-order valence-corrected chi connectivity index (χ0v) is 14.3. The summed E-state index contributed by atoms with van der Waals surface area (Å²) in [6.45, 7) is 4.66. The average Bonchev–Trinajstić information content (AvgIpc) is 2.58. The molecular weight excluding hydrogens is 288 g/mol. The maximum absolute atomic E-state index is 12.5. The lowest BCUT2D eigenvalue weighted by Crippen LogP contribution is -2.29. The topological polar surface area (TPSA) is 49.3 Å². The van der Waals surface area contributed by atoms with Gasteiger partial charge >= 0.3 is 0 Å². The molecule has 0 aliphatic heterocycles. The molecule has 1 aromatic heterocycles. The maximum atomic E-state index is 12.5. The van der Waals surface area contributed by atoms with Gasteiger partial charge in [-0.05, 0) is 25.5 Å². The zero-order chi connectivity index (χ0) is 16.8. The highest BCUT2D eigenvalue weighted by atomic mass is 16.2. The van der Waals surface area contributed by atoms with Crippen LogP contribution in [-0.2, 0) is 0 Å². The second-order valence-corrected chi connectivity index (χ2v) is 5.63. The van der Waals surface area contributed by atoms with Crippen molar-refractivity contribution in [2.45, 2.75) is 26.7 Å². The molecule has 5 nitrogen and oxygen atoms in total. The van der Waals surface area contributed by atoms with E-state index in [1.807, 2.05) is 56.3 Å². The van der Waals surface area contributed by atoms with Crippen molar-refractivity contribution in [1.29, 1.82) is 0 Å². The molecule has 0 saturated heterocycles. The van der Waals surface area contributed by atoms with Crippen molar-refractivity contribution >= 4 is 17.4 Å². The van der Waals surface area contributed by atoms with E-state index in [-0.39, 0.29) is 5.91 Å². The molecule has 0 radical (unpaired) electrons. The number of unbranched alkanes of at least 4 members (excludes halogenated alkanes) is 1. The van der Waals surface area contributed by atoms with Gasteiger partial charge in [-0.1, -0.05) is 31.5 Å². The number of carbonyl (C=O) groups excluding carboxylic acids is 1. The van der Waals surface area contributed by atoms with E-state index < -0.39 is 0 Å². The lowest BCUT2D eigenvalue weighted by atomic mass is 10.2. The summed E-state index contributed by atoms with van der Waals surface area (Å²) < 4.78 is 0. The molecule has 1 aromatic carbocycles. The summed E-state index contributed by atoms with van der Waals surface area (Å²) in [4.78, 5) is 25.0. The number of rotatable bonds is 6. The van der Waals surface area contributed by atoms with E-state index >= 15 is 0 Å². The maximum Gasteiger partial charge on any atom is 0.272 e. The molecule has 0 fully saturated rings. The van der Waals surface area contributed by atoms with Crippen LogP contribution in [0.15, 0.2) is 36.4 Å². The van der Waals surface area contributed by atoms with E-state index in [1.165, 1.54) is 0 Å². The normalized spacial score (nSPS) is 10.4. The molecule has 122 valence electrons. The standard InChI is InChI=1S/C18H24N4O/c1-5-6-12-21(3)18(23)16-13-17(20-14(2)19-16)22(4)15-10-8-7-9-11-15/h7-11,13H,5-6,12H2,1-4H3. The fourth-order valence-corrected chi connectivity index (χ4v) is 2.31. The fourth-order valence-electron chi connectivity index (χ4n) is 2.31. The first kappa shape index (κ1) is 16.9. The quantitative estimate of drug-likeness (QED) is 0.820. The third-order valence-corrected chi connectivity index (χ3v) is 3.72. The molecule has 1 amide bonds. The molecular formula is C18H24N4O. The summed E-state index contributed by atoms with van der Waals surface area (Å²) >= 11 is 0. The van der Waals surface area contributed by atoms with Crippen LogP contribution in [-0.4, -0.2) is 41.4 Å². The molecule has 0 bridgehead atoms. The van der Waals surface area contributed by atoms with Crippen molar-refractivity contribution in [2.24, 2.45) is 0 Å². The molecule has 0 N–H and O–H groups in total. The van der Waals surface area contributed by atoms with Crippen LogP contribution < -0.4 is 4.90 Å². The minimum Gasteiger partial charge on any atom is -0.340 e. The Morgan fingerprint density at radius 3 is 2.48 bits per heavy atom. The van der Waals surface area contributed by atoms with Crippen molar-refractivity contribution in [2.75, 3.05) is 25.5 Å². The molecule has 0 aliphatic rings. The lowest BCUT2D eigenvalue weighted by Gasteiger charge is -2.20. The van der Waals surface area contributed by atoms with Crippen LogP contribution >= 0.6 is 0 Å². The number of para-hydroxylation sites is 1. The largest absolute Gasteiger partial charge is 0.340 e. The Hall–Kier alpha value is -2.43. The predicted molar refractivity (Wildman–Crippen MR) is 93.1 cm³/mol. The Balaban J connectivity index is 2.27. The van der Waals surface area contributed by atoms with E-state index in [1.54, 1.807) is 11.0 Å². The molecule has 0 atom stereocenters. The number of hydrogen-bond donors (Lipinski definition) is 0. The molecule has 0 spiro atoms. The van der Waals surface area contributed by atoms with Gasteiger partial charge in [0.05, 0.1) is 0 Å². The first-order chi connectivity index (χ1) is 11.0. The number of anilines is 2. The molecule has 0 aliphatic carbocycles. The third kappa shape index (κ3) is 4.28. The van der Waals surface area contributed by atoms with E-state index in [0.29, 0.717) is 11.5 Å². The van der Waals surface area contributed by atoms with Crippen molar-refractivity contribution in [3.63, 3.8) is 0 Å². The summed E-state index contributed by atoms with van der Waals surface area (Å²) in [5.41, 5.74) is 1.46. The second kappa shape index (κ2) is 7.72. The lowest BCUT2D eigenvalue weighted by molar-refractivity contribution is 0.0787. The molecule has 0 saturated carbocycles. The van der Waals surface area contributed by atoms with Gasteiger partial charge in [0.2, 0.25) is 0 Å². The smallest absolute Gasteiger partial charge is 0.272 e. The van der Waals surface area contributed by atoms with Crippen LogP contribution in [0.1, 0.15) is 36.1 Å². The number of nitrogens with zero attached hydrogens (tertiary/aromatic N) is 4. The van der Waals surface area contributed by atoms with Crippen LogP contribution in [0, 0.1) is 6.92 Å². The van der Waals surface area contributed by atoms with Crippen LogP contribution in [0.3, 0.4) is 0 Å². The highest BCUT2D eigenvalue weighted by Crippen LogP contribution is 2.22. The molecule has 1 heterocycles. The summed E-state index contributed by atoms with van der Waals surface area (Å²) in [7, 11) is 3.75. The number of benzene rings is 1. The van der Waals surface area contributed by atoms with Gasteiger partial charge in [-0.15, -0.1) is 0 Å². The van der Waals surface area contributed by atoms with Crippen LogP contribution in [0.2, 0.25) is 0 Å².